The average molecular weight is 343 g/mol. The van der Waals surface area contributed by atoms with E-state index >= 15 is 0 Å². The molecule has 1 aromatic rings. The highest BCUT2D eigenvalue weighted by atomic mass is 16.5. The molecular formula is C20H29N3O2. The predicted molar refractivity (Wildman–Crippen MR) is 97.3 cm³/mol. The molecular weight excluding hydrogens is 314 g/mol. The van der Waals surface area contributed by atoms with E-state index in [2.05, 4.69) is 27.2 Å². The summed E-state index contributed by atoms with van der Waals surface area (Å²) in [5.74, 6) is 0.174. The Kier molecular flexibility index (Phi) is 5.34. The van der Waals surface area contributed by atoms with Gasteiger partial charge in [0.1, 0.15) is 6.04 Å². The number of nitrogens with one attached hydrogen (secondary N) is 1. The number of hydrogen-bond acceptors (Lipinski definition) is 4. The van der Waals surface area contributed by atoms with Gasteiger partial charge in [-0.2, -0.15) is 0 Å². The molecule has 5 nitrogen and oxygen atoms in total. The molecule has 2 aliphatic heterocycles. The third kappa shape index (κ3) is 4.22. The van der Waals surface area contributed by atoms with Gasteiger partial charge in [-0.1, -0.05) is 30.3 Å². The summed E-state index contributed by atoms with van der Waals surface area (Å²) in [7, 11) is 0. The number of ether oxygens (including phenoxy) is 1. The van der Waals surface area contributed by atoms with Crippen LogP contribution in [0, 0.1) is 0 Å². The van der Waals surface area contributed by atoms with Crippen molar-refractivity contribution in [3.63, 3.8) is 0 Å². The highest BCUT2D eigenvalue weighted by molar-refractivity contribution is 5.83. The monoisotopic (exact) mass is 343 g/mol. The minimum absolute atomic E-state index is 0.154. The van der Waals surface area contributed by atoms with Gasteiger partial charge >= 0.3 is 0 Å². The summed E-state index contributed by atoms with van der Waals surface area (Å²) < 4.78 is 5.49. The van der Waals surface area contributed by atoms with E-state index < -0.39 is 0 Å². The molecule has 1 atom stereocenters. The van der Waals surface area contributed by atoms with Crippen LogP contribution in [-0.4, -0.2) is 67.2 Å². The number of rotatable bonds is 5. The Balaban J connectivity index is 1.42. The highest BCUT2D eigenvalue weighted by Crippen LogP contribution is 2.27. The van der Waals surface area contributed by atoms with E-state index in [0.29, 0.717) is 12.1 Å². The fourth-order valence-electron chi connectivity index (χ4n) is 4.08. The molecule has 2 saturated heterocycles. The van der Waals surface area contributed by atoms with Gasteiger partial charge in [-0.05, 0) is 31.2 Å². The lowest BCUT2D eigenvalue weighted by Crippen LogP contribution is -2.54. The lowest BCUT2D eigenvalue weighted by atomic mass is 10.0. The molecule has 3 aliphatic rings. The van der Waals surface area contributed by atoms with Gasteiger partial charge in [0, 0.05) is 51.5 Å². The van der Waals surface area contributed by atoms with Crippen LogP contribution in [0.25, 0.3) is 0 Å². The molecule has 4 rings (SSSR count). The van der Waals surface area contributed by atoms with E-state index in [1.807, 2.05) is 18.2 Å². The number of piperazine rings is 1. The summed E-state index contributed by atoms with van der Waals surface area (Å²) in [6.45, 7) is 5.78. The van der Waals surface area contributed by atoms with Crippen molar-refractivity contribution in [1.29, 1.82) is 0 Å². The van der Waals surface area contributed by atoms with Gasteiger partial charge in [0.2, 0.25) is 5.91 Å². The summed E-state index contributed by atoms with van der Waals surface area (Å²) >= 11 is 0. The zero-order valence-corrected chi connectivity index (χ0v) is 14.9. The molecule has 2 heterocycles. The molecule has 136 valence electrons. The molecule has 0 bridgehead atoms. The third-order valence-electron chi connectivity index (χ3n) is 5.71. The molecule has 0 radical (unpaired) electrons. The molecule has 1 aromatic carbocycles. The normalized spacial score (nSPS) is 24.8. The van der Waals surface area contributed by atoms with E-state index in [0.717, 1.165) is 70.6 Å². The number of benzene rings is 1. The molecule has 1 saturated carbocycles. The van der Waals surface area contributed by atoms with Crippen molar-refractivity contribution < 1.29 is 9.53 Å². The zero-order valence-electron chi connectivity index (χ0n) is 14.9. The smallest absolute Gasteiger partial charge is 0.242 e. The van der Waals surface area contributed by atoms with Crippen LogP contribution in [0.1, 0.15) is 37.3 Å². The topological polar surface area (TPSA) is 44.8 Å². The lowest BCUT2D eigenvalue weighted by molar-refractivity contribution is -0.128. The maximum absolute atomic E-state index is 12.9. The molecule has 0 aromatic heterocycles. The van der Waals surface area contributed by atoms with Crippen LogP contribution >= 0.6 is 0 Å². The van der Waals surface area contributed by atoms with Crippen molar-refractivity contribution >= 4 is 5.91 Å². The summed E-state index contributed by atoms with van der Waals surface area (Å²) in [5, 5.41) is 3.21. The molecule has 3 fully saturated rings. The second-order valence-electron chi connectivity index (χ2n) is 7.51. The Hall–Kier alpha value is -1.43. The summed E-state index contributed by atoms with van der Waals surface area (Å²) in [6, 6.07) is 11.2. The third-order valence-corrected chi connectivity index (χ3v) is 5.71. The van der Waals surface area contributed by atoms with Crippen molar-refractivity contribution in [3.8, 4) is 0 Å². The Morgan fingerprint density at radius 3 is 2.32 bits per heavy atom. The van der Waals surface area contributed by atoms with Gasteiger partial charge < -0.3 is 10.1 Å². The predicted octanol–water partition coefficient (Wildman–Crippen LogP) is 1.80. The Morgan fingerprint density at radius 1 is 1.00 bits per heavy atom. The Morgan fingerprint density at radius 2 is 1.68 bits per heavy atom. The van der Waals surface area contributed by atoms with E-state index in [4.69, 9.17) is 4.74 Å². The summed E-state index contributed by atoms with van der Waals surface area (Å²) in [6.07, 6.45) is 4.55. The van der Waals surface area contributed by atoms with Gasteiger partial charge in [-0.25, -0.2) is 0 Å². The van der Waals surface area contributed by atoms with Crippen molar-refractivity contribution in [3.05, 3.63) is 35.9 Å². The lowest BCUT2D eigenvalue weighted by Gasteiger charge is -2.42. The number of carbonyl (C=O) groups excluding carboxylic acids is 1. The van der Waals surface area contributed by atoms with Gasteiger partial charge in [-0.15, -0.1) is 0 Å². The fourth-order valence-corrected chi connectivity index (χ4v) is 4.08. The largest absolute Gasteiger partial charge is 0.381 e. The molecule has 1 N–H and O–H groups in total. The molecule has 0 unspecified atom stereocenters. The molecule has 5 heteroatoms. The van der Waals surface area contributed by atoms with E-state index in [1.165, 1.54) is 0 Å². The first-order chi connectivity index (χ1) is 12.3. The zero-order chi connectivity index (χ0) is 17.1. The highest BCUT2D eigenvalue weighted by Gasteiger charge is 2.34. The van der Waals surface area contributed by atoms with Gasteiger partial charge in [0.25, 0.3) is 0 Å². The minimum atomic E-state index is -0.154. The maximum Gasteiger partial charge on any atom is 0.242 e. The standard InChI is InChI=1S/C20H29N3O2/c24-20(21-17-6-7-17)19(16-4-2-1-3-5-16)23-12-10-22(11-13-23)18-8-14-25-15-9-18/h1-5,17-19H,6-15H2,(H,21,24)/t19-/m0/s1. The molecule has 25 heavy (non-hydrogen) atoms. The fraction of sp³-hybridized carbons (Fsp3) is 0.650. The quantitative estimate of drug-likeness (QED) is 0.886. The number of nitrogens with zero attached hydrogens (tertiary/aromatic N) is 2. The van der Waals surface area contributed by atoms with Crippen molar-refractivity contribution in [2.75, 3.05) is 39.4 Å². The van der Waals surface area contributed by atoms with Gasteiger partial charge in [-0.3, -0.25) is 14.6 Å². The van der Waals surface area contributed by atoms with E-state index in [1.54, 1.807) is 0 Å². The number of amides is 1. The minimum Gasteiger partial charge on any atom is -0.381 e. The van der Waals surface area contributed by atoms with Gasteiger partial charge in [0.15, 0.2) is 0 Å². The molecule has 0 spiro atoms. The van der Waals surface area contributed by atoms with Gasteiger partial charge in [0.05, 0.1) is 0 Å². The number of carbonyl (C=O) groups is 1. The van der Waals surface area contributed by atoms with Crippen LogP contribution in [0.2, 0.25) is 0 Å². The van der Waals surface area contributed by atoms with Crippen LogP contribution < -0.4 is 5.32 Å². The van der Waals surface area contributed by atoms with E-state index in [9.17, 15) is 4.79 Å². The van der Waals surface area contributed by atoms with Crippen LogP contribution in [-0.2, 0) is 9.53 Å². The second kappa shape index (κ2) is 7.85. The molecule has 1 aliphatic carbocycles. The summed E-state index contributed by atoms with van der Waals surface area (Å²) in [5.41, 5.74) is 1.11. The first kappa shape index (κ1) is 17.0. The molecule has 1 amide bonds. The Labute approximate surface area is 150 Å². The van der Waals surface area contributed by atoms with Crippen molar-refractivity contribution in [2.45, 2.75) is 43.8 Å². The first-order valence-electron chi connectivity index (χ1n) is 9.72. The maximum atomic E-state index is 12.9. The Bertz CT molecular complexity index is 562. The number of hydrogen-bond donors (Lipinski definition) is 1. The average Bonchev–Trinajstić information content (AvgIpc) is 3.48. The van der Waals surface area contributed by atoms with E-state index in [-0.39, 0.29) is 11.9 Å². The van der Waals surface area contributed by atoms with Crippen LogP contribution in [0.4, 0.5) is 0 Å². The summed E-state index contributed by atoms with van der Waals surface area (Å²) in [4.78, 5) is 17.9. The second-order valence-corrected chi connectivity index (χ2v) is 7.51. The van der Waals surface area contributed by atoms with Crippen molar-refractivity contribution in [2.24, 2.45) is 0 Å². The SMILES string of the molecule is O=C(NC1CC1)[C@H](c1ccccc1)N1CCN(C2CCOCC2)CC1. The van der Waals surface area contributed by atoms with Crippen LogP contribution in [0.15, 0.2) is 30.3 Å². The van der Waals surface area contributed by atoms with Crippen LogP contribution in [0.5, 0.6) is 0 Å². The van der Waals surface area contributed by atoms with Crippen LogP contribution in [0.3, 0.4) is 0 Å². The van der Waals surface area contributed by atoms with Crippen molar-refractivity contribution in [1.82, 2.24) is 15.1 Å². The first-order valence-corrected chi connectivity index (χ1v) is 9.72.